The van der Waals surface area contributed by atoms with Gasteiger partial charge in [-0.15, -0.1) is 0 Å². The minimum atomic E-state index is 0.157. The molecule has 1 amide bonds. The molecular weight excluding hydrogens is 238 g/mol. The van der Waals surface area contributed by atoms with E-state index in [1.165, 1.54) is 12.8 Å². The molecule has 4 nitrogen and oxygen atoms in total. The molecule has 1 saturated carbocycles. The van der Waals surface area contributed by atoms with Crippen molar-refractivity contribution in [1.29, 1.82) is 0 Å². The van der Waals surface area contributed by atoms with E-state index < -0.39 is 0 Å². The summed E-state index contributed by atoms with van der Waals surface area (Å²) in [5.41, 5.74) is 2.88. The van der Waals surface area contributed by atoms with Gasteiger partial charge < -0.3 is 9.88 Å². The normalized spacial score (nSPS) is 16.1. The summed E-state index contributed by atoms with van der Waals surface area (Å²) in [6, 6.07) is 5.92. The minimum absolute atomic E-state index is 0.157. The zero-order valence-electron chi connectivity index (χ0n) is 11.4. The lowest BCUT2D eigenvalue weighted by molar-refractivity contribution is -0.119. The van der Waals surface area contributed by atoms with Gasteiger partial charge in [-0.3, -0.25) is 4.79 Å². The molecule has 0 unspecified atom stereocenters. The first kappa shape index (κ1) is 12.2. The molecule has 0 spiro atoms. The van der Waals surface area contributed by atoms with Crippen LogP contribution in [0.1, 0.15) is 31.5 Å². The van der Waals surface area contributed by atoms with Crippen molar-refractivity contribution in [3.63, 3.8) is 0 Å². The second kappa shape index (κ2) is 4.68. The number of amides is 1. The Balaban J connectivity index is 1.83. The molecular formula is C15H19N3O. The highest BCUT2D eigenvalue weighted by molar-refractivity contribution is 5.94. The van der Waals surface area contributed by atoms with Gasteiger partial charge in [-0.05, 0) is 38.0 Å². The Morgan fingerprint density at radius 1 is 1.37 bits per heavy atom. The van der Waals surface area contributed by atoms with Crippen molar-refractivity contribution < 1.29 is 4.79 Å². The number of carbonyl (C=O) groups excluding carboxylic acids is 1. The van der Waals surface area contributed by atoms with Crippen molar-refractivity contribution in [2.75, 3.05) is 5.32 Å². The van der Waals surface area contributed by atoms with Crippen LogP contribution in [0.5, 0.6) is 0 Å². The summed E-state index contributed by atoms with van der Waals surface area (Å²) in [5.74, 6) is 1.33. The lowest BCUT2D eigenvalue weighted by Crippen LogP contribution is -2.20. The van der Waals surface area contributed by atoms with Gasteiger partial charge in [-0.1, -0.05) is 12.8 Å². The lowest BCUT2D eigenvalue weighted by atomic mass is 10.1. The summed E-state index contributed by atoms with van der Waals surface area (Å²) in [5, 5.41) is 3.02. The summed E-state index contributed by atoms with van der Waals surface area (Å²) in [7, 11) is 2.00. The van der Waals surface area contributed by atoms with E-state index in [-0.39, 0.29) is 11.8 Å². The predicted molar refractivity (Wildman–Crippen MR) is 76.0 cm³/mol. The molecule has 19 heavy (non-hydrogen) atoms. The van der Waals surface area contributed by atoms with Crippen LogP contribution in [0.15, 0.2) is 18.2 Å². The van der Waals surface area contributed by atoms with E-state index in [1.807, 2.05) is 32.2 Å². The van der Waals surface area contributed by atoms with Gasteiger partial charge in [-0.25, -0.2) is 4.98 Å². The molecule has 100 valence electrons. The van der Waals surface area contributed by atoms with Gasteiger partial charge in [0, 0.05) is 18.7 Å². The third-order valence-electron chi connectivity index (χ3n) is 4.10. The molecule has 0 radical (unpaired) electrons. The van der Waals surface area contributed by atoms with Gasteiger partial charge in [0.2, 0.25) is 5.91 Å². The number of fused-ring (bicyclic) bond motifs is 1. The molecule has 0 saturated heterocycles. The molecule has 1 heterocycles. The number of anilines is 1. The van der Waals surface area contributed by atoms with Gasteiger partial charge in [0.25, 0.3) is 0 Å². The minimum Gasteiger partial charge on any atom is -0.331 e. The molecule has 1 aliphatic carbocycles. The Labute approximate surface area is 112 Å². The third-order valence-corrected chi connectivity index (χ3v) is 4.10. The number of benzene rings is 1. The van der Waals surface area contributed by atoms with Gasteiger partial charge in [0.1, 0.15) is 5.82 Å². The lowest BCUT2D eigenvalue weighted by Gasteiger charge is -2.10. The number of aromatic nitrogens is 2. The Kier molecular flexibility index (Phi) is 3.01. The van der Waals surface area contributed by atoms with E-state index in [1.54, 1.807) is 0 Å². The SMILES string of the molecule is Cc1nc2cc(NC(=O)C3CCCC3)ccc2n1C. The molecule has 0 bridgehead atoms. The van der Waals surface area contributed by atoms with Crippen LogP contribution >= 0.6 is 0 Å². The second-order valence-corrected chi connectivity index (χ2v) is 5.39. The van der Waals surface area contributed by atoms with Crippen LogP contribution in [-0.4, -0.2) is 15.5 Å². The maximum atomic E-state index is 12.1. The standard InChI is InChI=1S/C15H19N3O/c1-10-16-13-9-12(7-8-14(13)18(10)2)17-15(19)11-5-3-4-6-11/h7-9,11H,3-6H2,1-2H3,(H,17,19). The Bertz CT molecular complexity index is 624. The van der Waals surface area contributed by atoms with Gasteiger partial charge in [-0.2, -0.15) is 0 Å². The Hall–Kier alpha value is -1.84. The summed E-state index contributed by atoms with van der Waals surface area (Å²) in [4.78, 5) is 16.6. The highest BCUT2D eigenvalue weighted by Gasteiger charge is 2.22. The van der Waals surface area contributed by atoms with Crippen molar-refractivity contribution in [3.05, 3.63) is 24.0 Å². The molecule has 2 aromatic rings. The van der Waals surface area contributed by atoms with Crippen molar-refractivity contribution in [3.8, 4) is 0 Å². The molecule has 1 aromatic carbocycles. The average Bonchev–Trinajstić information content (AvgIpc) is 2.99. The molecule has 1 aliphatic rings. The van der Waals surface area contributed by atoms with Crippen LogP contribution in [0.4, 0.5) is 5.69 Å². The van der Waals surface area contributed by atoms with Gasteiger partial charge in [0.05, 0.1) is 11.0 Å². The number of nitrogens with zero attached hydrogens (tertiary/aromatic N) is 2. The number of carbonyl (C=O) groups is 1. The smallest absolute Gasteiger partial charge is 0.227 e. The monoisotopic (exact) mass is 257 g/mol. The van der Waals surface area contributed by atoms with Gasteiger partial charge in [0.15, 0.2) is 0 Å². The van der Waals surface area contributed by atoms with Crippen LogP contribution in [0.2, 0.25) is 0 Å². The molecule has 4 heteroatoms. The quantitative estimate of drug-likeness (QED) is 0.899. The van der Waals surface area contributed by atoms with E-state index >= 15 is 0 Å². The topological polar surface area (TPSA) is 46.9 Å². The van der Waals surface area contributed by atoms with E-state index in [2.05, 4.69) is 14.9 Å². The van der Waals surface area contributed by atoms with Crippen LogP contribution in [0, 0.1) is 12.8 Å². The number of rotatable bonds is 2. The van der Waals surface area contributed by atoms with E-state index in [0.29, 0.717) is 0 Å². The summed E-state index contributed by atoms with van der Waals surface area (Å²) < 4.78 is 2.05. The van der Waals surface area contributed by atoms with Gasteiger partial charge >= 0.3 is 0 Å². The van der Waals surface area contributed by atoms with Crippen molar-refractivity contribution >= 4 is 22.6 Å². The van der Waals surface area contributed by atoms with E-state index in [0.717, 1.165) is 35.4 Å². The Morgan fingerprint density at radius 3 is 2.84 bits per heavy atom. The number of hydrogen-bond acceptors (Lipinski definition) is 2. The fourth-order valence-electron chi connectivity index (χ4n) is 2.83. The molecule has 0 atom stereocenters. The highest BCUT2D eigenvalue weighted by Crippen LogP contribution is 2.26. The fourth-order valence-corrected chi connectivity index (χ4v) is 2.83. The predicted octanol–water partition coefficient (Wildman–Crippen LogP) is 3.01. The van der Waals surface area contributed by atoms with Crippen molar-refractivity contribution in [2.24, 2.45) is 13.0 Å². The molecule has 1 fully saturated rings. The zero-order valence-corrected chi connectivity index (χ0v) is 11.4. The molecule has 3 rings (SSSR count). The number of nitrogens with one attached hydrogen (secondary N) is 1. The number of aryl methyl sites for hydroxylation is 2. The zero-order chi connectivity index (χ0) is 13.4. The van der Waals surface area contributed by atoms with E-state index in [9.17, 15) is 4.79 Å². The highest BCUT2D eigenvalue weighted by atomic mass is 16.1. The van der Waals surface area contributed by atoms with Crippen LogP contribution in [-0.2, 0) is 11.8 Å². The maximum Gasteiger partial charge on any atom is 0.227 e. The first-order valence-corrected chi connectivity index (χ1v) is 6.89. The third kappa shape index (κ3) is 2.23. The first-order valence-electron chi connectivity index (χ1n) is 6.89. The Morgan fingerprint density at radius 2 is 2.11 bits per heavy atom. The summed E-state index contributed by atoms with van der Waals surface area (Å²) in [6.07, 6.45) is 4.40. The molecule has 0 aliphatic heterocycles. The largest absolute Gasteiger partial charge is 0.331 e. The molecule has 1 N–H and O–H groups in total. The summed E-state index contributed by atoms with van der Waals surface area (Å²) >= 11 is 0. The van der Waals surface area contributed by atoms with Crippen molar-refractivity contribution in [2.45, 2.75) is 32.6 Å². The summed E-state index contributed by atoms with van der Waals surface area (Å²) in [6.45, 7) is 1.98. The van der Waals surface area contributed by atoms with E-state index in [4.69, 9.17) is 0 Å². The van der Waals surface area contributed by atoms with Crippen LogP contribution in [0.25, 0.3) is 11.0 Å². The first-order chi connectivity index (χ1) is 9.15. The second-order valence-electron chi connectivity index (χ2n) is 5.39. The fraction of sp³-hybridized carbons (Fsp3) is 0.467. The average molecular weight is 257 g/mol. The number of hydrogen-bond donors (Lipinski definition) is 1. The number of imidazole rings is 1. The van der Waals surface area contributed by atoms with Crippen LogP contribution < -0.4 is 5.32 Å². The molecule has 1 aromatic heterocycles. The van der Waals surface area contributed by atoms with Crippen molar-refractivity contribution in [1.82, 2.24) is 9.55 Å². The van der Waals surface area contributed by atoms with Crippen LogP contribution in [0.3, 0.4) is 0 Å². The maximum absolute atomic E-state index is 12.1.